The van der Waals surface area contributed by atoms with Gasteiger partial charge in [-0.15, -0.1) is 0 Å². The van der Waals surface area contributed by atoms with Gasteiger partial charge in [0.2, 0.25) is 0 Å². The van der Waals surface area contributed by atoms with Crippen molar-refractivity contribution in [2.75, 3.05) is 7.11 Å². The van der Waals surface area contributed by atoms with Crippen LogP contribution in [0.25, 0.3) is 6.08 Å². The second-order valence-electron chi connectivity index (χ2n) is 3.48. The van der Waals surface area contributed by atoms with Crippen molar-refractivity contribution >= 4 is 40.3 Å². The molecule has 2 rings (SSSR count). The van der Waals surface area contributed by atoms with E-state index in [0.29, 0.717) is 9.23 Å². The molecule has 1 fully saturated rings. The zero-order valence-corrected chi connectivity index (χ0v) is 11.3. The predicted octanol–water partition coefficient (Wildman–Crippen LogP) is 2.74. The van der Waals surface area contributed by atoms with Crippen molar-refractivity contribution in [2.45, 2.75) is 0 Å². The monoisotopic (exact) mass is 277 g/mol. The predicted molar refractivity (Wildman–Crippen MR) is 78.4 cm³/mol. The number of hydrogen-bond donors (Lipinski definition) is 1. The maximum absolute atomic E-state index is 11.4. The van der Waals surface area contributed by atoms with Crippen LogP contribution in [0.1, 0.15) is 5.56 Å². The number of allylic oxidation sites excluding steroid dienone is 2. The van der Waals surface area contributed by atoms with Crippen LogP contribution in [0.2, 0.25) is 0 Å². The number of carbonyl (C=O) groups excluding carboxylic acids is 1. The third-order valence-corrected chi connectivity index (χ3v) is 3.49. The summed E-state index contributed by atoms with van der Waals surface area (Å²) in [6.45, 7) is 0. The second-order valence-corrected chi connectivity index (χ2v) is 5.19. The molecule has 0 spiro atoms. The van der Waals surface area contributed by atoms with Gasteiger partial charge in [-0.25, -0.2) is 0 Å². The van der Waals surface area contributed by atoms with E-state index in [9.17, 15) is 4.79 Å². The second kappa shape index (κ2) is 5.84. The van der Waals surface area contributed by atoms with E-state index in [1.165, 1.54) is 11.8 Å². The average Bonchev–Trinajstić information content (AvgIpc) is 2.68. The van der Waals surface area contributed by atoms with Gasteiger partial charge in [0.25, 0.3) is 5.91 Å². The van der Waals surface area contributed by atoms with E-state index < -0.39 is 0 Å². The highest BCUT2D eigenvalue weighted by Crippen LogP contribution is 2.24. The fraction of sp³-hybridized carbons (Fsp3) is 0.0769. The van der Waals surface area contributed by atoms with Gasteiger partial charge in [-0.3, -0.25) is 4.79 Å². The fourth-order valence-corrected chi connectivity index (χ4v) is 2.47. The molecule has 1 aliphatic heterocycles. The van der Waals surface area contributed by atoms with E-state index in [2.05, 4.69) is 5.32 Å². The van der Waals surface area contributed by atoms with Crippen LogP contribution in [-0.4, -0.2) is 17.3 Å². The van der Waals surface area contributed by atoms with Crippen LogP contribution in [0.15, 0.2) is 41.3 Å². The number of benzene rings is 1. The topological polar surface area (TPSA) is 38.3 Å². The molecule has 1 aromatic rings. The molecule has 0 bridgehead atoms. The summed E-state index contributed by atoms with van der Waals surface area (Å²) in [7, 11) is 1.63. The maximum atomic E-state index is 11.4. The molecule has 1 aliphatic rings. The molecule has 5 heteroatoms. The zero-order chi connectivity index (χ0) is 13.0. The molecule has 0 atom stereocenters. The van der Waals surface area contributed by atoms with Crippen LogP contribution in [0.5, 0.6) is 5.75 Å². The molecule has 1 heterocycles. The first kappa shape index (κ1) is 12.9. The van der Waals surface area contributed by atoms with Crippen LogP contribution in [0, 0.1) is 0 Å². The maximum Gasteiger partial charge on any atom is 0.263 e. The molecule has 0 radical (unpaired) electrons. The SMILES string of the molecule is COc1ccccc1/C=C/C=C1/SC(=S)NC1=O. The lowest BCUT2D eigenvalue weighted by Crippen LogP contribution is -2.17. The average molecular weight is 277 g/mol. The van der Waals surface area contributed by atoms with Gasteiger partial charge < -0.3 is 10.1 Å². The van der Waals surface area contributed by atoms with Crippen molar-refractivity contribution < 1.29 is 9.53 Å². The highest BCUT2D eigenvalue weighted by atomic mass is 32.2. The van der Waals surface area contributed by atoms with Gasteiger partial charge in [-0.05, 0) is 12.1 Å². The Balaban J connectivity index is 2.14. The van der Waals surface area contributed by atoms with E-state index >= 15 is 0 Å². The van der Waals surface area contributed by atoms with Gasteiger partial charge in [0, 0.05) is 5.56 Å². The summed E-state index contributed by atoms with van der Waals surface area (Å²) in [5, 5.41) is 2.57. The molecule has 1 amide bonds. The first-order valence-electron chi connectivity index (χ1n) is 5.25. The number of amides is 1. The third-order valence-electron chi connectivity index (χ3n) is 2.30. The summed E-state index contributed by atoms with van der Waals surface area (Å²) in [6.07, 6.45) is 5.44. The standard InChI is InChI=1S/C13H11NO2S2/c1-16-10-7-3-2-5-9(10)6-4-8-11-12(15)14-13(17)18-11/h2-8H,1H3,(H,14,15,17)/b6-4+,11-8+. The van der Waals surface area contributed by atoms with Crippen molar-refractivity contribution in [1.29, 1.82) is 0 Å². The number of ether oxygens (including phenoxy) is 1. The minimum absolute atomic E-state index is 0.144. The Kier molecular flexibility index (Phi) is 4.17. The van der Waals surface area contributed by atoms with Crippen molar-refractivity contribution in [3.05, 3.63) is 46.9 Å². The summed E-state index contributed by atoms with van der Waals surface area (Å²) in [5.41, 5.74) is 0.961. The van der Waals surface area contributed by atoms with Gasteiger partial charge in [-0.2, -0.15) is 0 Å². The van der Waals surface area contributed by atoms with Gasteiger partial charge in [-0.1, -0.05) is 54.3 Å². The third kappa shape index (κ3) is 3.00. The Morgan fingerprint density at radius 2 is 2.17 bits per heavy atom. The van der Waals surface area contributed by atoms with Crippen molar-refractivity contribution in [2.24, 2.45) is 0 Å². The Bertz CT molecular complexity index is 550. The van der Waals surface area contributed by atoms with Crippen LogP contribution in [0.3, 0.4) is 0 Å². The molecule has 0 unspecified atom stereocenters. The van der Waals surface area contributed by atoms with Gasteiger partial charge >= 0.3 is 0 Å². The molecule has 92 valence electrons. The van der Waals surface area contributed by atoms with E-state index in [1.807, 2.05) is 36.4 Å². The normalized spacial score (nSPS) is 17.5. The molecular formula is C13H11NO2S2. The molecule has 0 aromatic heterocycles. The molecule has 0 saturated carbocycles. The molecule has 1 saturated heterocycles. The Hall–Kier alpha value is -1.59. The van der Waals surface area contributed by atoms with Gasteiger partial charge in [0.1, 0.15) is 10.1 Å². The lowest BCUT2D eigenvalue weighted by atomic mass is 10.2. The molecule has 18 heavy (non-hydrogen) atoms. The summed E-state index contributed by atoms with van der Waals surface area (Å²) >= 11 is 6.17. The van der Waals surface area contributed by atoms with Crippen LogP contribution in [0.4, 0.5) is 0 Å². The Morgan fingerprint density at radius 3 is 2.83 bits per heavy atom. The molecule has 3 nitrogen and oxygen atoms in total. The van der Waals surface area contributed by atoms with Crippen molar-refractivity contribution in [3.63, 3.8) is 0 Å². The van der Waals surface area contributed by atoms with E-state index in [-0.39, 0.29) is 5.91 Å². The van der Waals surface area contributed by atoms with E-state index in [1.54, 1.807) is 13.2 Å². The lowest BCUT2D eigenvalue weighted by Gasteiger charge is -2.02. The smallest absolute Gasteiger partial charge is 0.263 e. The summed E-state index contributed by atoms with van der Waals surface area (Å²) in [6, 6.07) is 7.67. The van der Waals surface area contributed by atoms with Gasteiger partial charge in [0.05, 0.1) is 12.0 Å². The number of methoxy groups -OCH3 is 1. The number of hydrogen-bond acceptors (Lipinski definition) is 4. The van der Waals surface area contributed by atoms with Crippen molar-refractivity contribution in [1.82, 2.24) is 5.32 Å². The largest absolute Gasteiger partial charge is 0.496 e. The number of nitrogens with one attached hydrogen (secondary N) is 1. The van der Waals surface area contributed by atoms with E-state index in [0.717, 1.165) is 11.3 Å². The Labute approximate surface area is 115 Å². The summed E-state index contributed by atoms with van der Waals surface area (Å²) in [4.78, 5) is 12.0. The van der Waals surface area contributed by atoms with Crippen LogP contribution < -0.4 is 10.1 Å². The minimum Gasteiger partial charge on any atom is -0.496 e. The van der Waals surface area contributed by atoms with Gasteiger partial charge in [0.15, 0.2) is 0 Å². The lowest BCUT2D eigenvalue weighted by molar-refractivity contribution is -0.115. The first-order chi connectivity index (χ1) is 8.70. The first-order valence-corrected chi connectivity index (χ1v) is 6.47. The quantitative estimate of drug-likeness (QED) is 0.681. The van der Waals surface area contributed by atoms with Crippen LogP contribution >= 0.6 is 24.0 Å². The number of thioether (sulfide) groups is 1. The molecule has 1 N–H and O–H groups in total. The van der Waals surface area contributed by atoms with Crippen molar-refractivity contribution in [3.8, 4) is 5.75 Å². The highest BCUT2D eigenvalue weighted by molar-refractivity contribution is 8.26. The molecular weight excluding hydrogens is 266 g/mol. The van der Waals surface area contributed by atoms with E-state index in [4.69, 9.17) is 17.0 Å². The molecule has 0 aliphatic carbocycles. The van der Waals surface area contributed by atoms with Crippen LogP contribution in [-0.2, 0) is 4.79 Å². The Morgan fingerprint density at radius 1 is 1.39 bits per heavy atom. The molecule has 1 aromatic carbocycles. The number of thiocarbonyl (C=S) groups is 1. The zero-order valence-electron chi connectivity index (χ0n) is 9.67. The minimum atomic E-state index is -0.144. The number of para-hydroxylation sites is 1. The number of carbonyl (C=O) groups is 1. The fourth-order valence-electron chi connectivity index (χ4n) is 1.48. The summed E-state index contributed by atoms with van der Waals surface area (Å²) in [5.74, 6) is 0.654. The number of rotatable bonds is 3. The summed E-state index contributed by atoms with van der Waals surface area (Å²) < 4.78 is 5.73. The highest BCUT2D eigenvalue weighted by Gasteiger charge is 2.20.